The minimum absolute atomic E-state index is 0.0504. The minimum Gasteiger partial charge on any atom is -0.379 e. The van der Waals surface area contributed by atoms with Crippen LogP contribution >= 0.6 is 0 Å². The first-order chi connectivity index (χ1) is 21.1. The lowest BCUT2D eigenvalue weighted by Gasteiger charge is -2.28. The Labute approximate surface area is 260 Å². The highest BCUT2D eigenvalue weighted by atomic mass is 28.4. The van der Waals surface area contributed by atoms with Crippen molar-refractivity contribution in [3.05, 3.63) is 0 Å². The average Bonchev–Trinajstić information content (AvgIpc) is 3.00. The monoisotopic (exact) mass is 639 g/mol. The van der Waals surface area contributed by atoms with Crippen LogP contribution in [0.3, 0.4) is 0 Å². The van der Waals surface area contributed by atoms with Gasteiger partial charge in [0.1, 0.15) is 6.61 Å². The topological polar surface area (TPSA) is 131 Å². The third kappa shape index (κ3) is 29.3. The summed E-state index contributed by atoms with van der Waals surface area (Å²) in [4.78, 5) is 12.0. The molecule has 43 heavy (non-hydrogen) atoms. The molecule has 0 aliphatic carbocycles. The Morgan fingerprint density at radius 1 is 0.581 bits per heavy atom. The van der Waals surface area contributed by atoms with E-state index in [1.807, 2.05) is 20.8 Å². The maximum absolute atomic E-state index is 12.0. The Morgan fingerprint density at radius 3 is 1.28 bits per heavy atom. The second kappa shape index (κ2) is 33.7. The second-order valence-corrected chi connectivity index (χ2v) is 11.5. The summed E-state index contributed by atoms with van der Waals surface area (Å²) in [6.45, 7) is 15.4. The number of ether oxygens (including phenoxy) is 8. The first kappa shape index (κ1) is 41.8. The molecule has 0 aliphatic rings. The Balaban J connectivity index is 3.35. The fraction of sp³-hybridized carbons (Fsp3) is 0.897. The standard InChI is InChI=1S/C29H57NO12Si/c1-5-12-32-14-16-34-18-20-36-22-24-38-26-27-39-25-23-37-21-19-35-17-15-33-13-10-29(31)30-11-9-28-43(40-6-2,41-7-3)42-8-4/h1H,6-28H2,2-4H3,(H,30,31). The third-order valence-electron chi connectivity index (χ3n) is 5.34. The molecule has 1 amide bonds. The van der Waals surface area contributed by atoms with Gasteiger partial charge in [-0.25, -0.2) is 0 Å². The van der Waals surface area contributed by atoms with Crippen LogP contribution in [0.25, 0.3) is 0 Å². The number of carbonyl (C=O) groups is 1. The molecule has 0 aromatic heterocycles. The van der Waals surface area contributed by atoms with Crippen LogP contribution in [0.15, 0.2) is 0 Å². The molecule has 0 rings (SSSR count). The second-order valence-electron chi connectivity index (χ2n) is 8.73. The van der Waals surface area contributed by atoms with Crippen LogP contribution in [0.5, 0.6) is 0 Å². The van der Waals surface area contributed by atoms with Crippen LogP contribution in [-0.2, 0) is 56.0 Å². The number of amides is 1. The van der Waals surface area contributed by atoms with Crippen LogP contribution in [0.2, 0.25) is 6.04 Å². The lowest BCUT2D eigenvalue weighted by atomic mass is 10.4. The molecule has 0 unspecified atom stereocenters. The summed E-state index contributed by atoms with van der Waals surface area (Å²) < 4.78 is 60.6. The fourth-order valence-corrected chi connectivity index (χ4v) is 6.07. The van der Waals surface area contributed by atoms with Gasteiger partial charge in [-0.3, -0.25) is 4.79 Å². The Hall–Kier alpha value is -1.19. The molecule has 0 bridgehead atoms. The van der Waals surface area contributed by atoms with Crippen LogP contribution in [0.1, 0.15) is 33.6 Å². The predicted molar refractivity (Wildman–Crippen MR) is 163 cm³/mol. The van der Waals surface area contributed by atoms with Gasteiger partial charge in [-0.1, -0.05) is 5.92 Å². The Morgan fingerprint density at radius 2 is 0.930 bits per heavy atom. The van der Waals surface area contributed by atoms with Gasteiger partial charge in [-0.2, -0.15) is 0 Å². The van der Waals surface area contributed by atoms with Crippen molar-refractivity contribution in [2.45, 2.75) is 39.7 Å². The van der Waals surface area contributed by atoms with Crippen molar-refractivity contribution in [1.29, 1.82) is 0 Å². The van der Waals surface area contributed by atoms with Crippen molar-refractivity contribution in [3.63, 3.8) is 0 Å². The number of carbonyl (C=O) groups excluding carboxylic acids is 1. The largest absolute Gasteiger partial charge is 0.500 e. The smallest absolute Gasteiger partial charge is 0.379 e. The number of terminal acetylenes is 1. The van der Waals surface area contributed by atoms with Gasteiger partial charge in [-0.15, -0.1) is 6.42 Å². The maximum Gasteiger partial charge on any atom is 0.500 e. The molecular weight excluding hydrogens is 582 g/mol. The molecule has 0 aromatic carbocycles. The van der Waals surface area contributed by atoms with Gasteiger partial charge in [0.15, 0.2) is 0 Å². The van der Waals surface area contributed by atoms with Crippen molar-refractivity contribution < 1.29 is 56.0 Å². The first-order valence-electron chi connectivity index (χ1n) is 15.4. The molecule has 254 valence electrons. The van der Waals surface area contributed by atoms with E-state index in [0.717, 1.165) is 6.42 Å². The predicted octanol–water partition coefficient (Wildman–Crippen LogP) is 1.70. The summed E-state index contributed by atoms with van der Waals surface area (Å²) in [6, 6.07) is 0.670. The molecule has 0 aliphatic heterocycles. The number of hydrogen-bond acceptors (Lipinski definition) is 12. The summed E-state index contributed by atoms with van der Waals surface area (Å²) in [5, 5.41) is 2.91. The molecule has 0 atom stereocenters. The van der Waals surface area contributed by atoms with E-state index >= 15 is 0 Å². The van der Waals surface area contributed by atoms with Gasteiger partial charge in [-0.05, 0) is 27.2 Å². The average molecular weight is 640 g/mol. The highest BCUT2D eigenvalue weighted by Crippen LogP contribution is 2.17. The molecule has 0 spiro atoms. The Bertz CT molecular complexity index is 624. The van der Waals surface area contributed by atoms with Crippen LogP contribution in [0.4, 0.5) is 0 Å². The summed E-state index contributed by atoms with van der Waals surface area (Å²) >= 11 is 0. The van der Waals surface area contributed by atoms with Crippen molar-refractivity contribution in [2.75, 3.05) is 132 Å². The van der Waals surface area contributed by atoms with Crippen molar-refractivity contribution in [1.82, 2.24) is 5.32 Å². The van der Waals surface area contributed by atoms with E-state index in [2.05, 4.69) is 11.2 Å². The molecule has 0 saturated heterocycles. The number of rotatable bonds is 35. The quantitative estimate of drug-likeness (QED) is 0.0615. The third-order valence-corrected chi connectivity index (χ3v) is 8.49. The molecule has 0 heterocycles. The zero-order chi connectivity index (χ0) is 31.5. The summed E-state index contributed by atoms with van der Waals surface area (Å²) in [5.41, 5.74) is 0. The van der Waals surface area contributed by atoms with Gasteiger partial charge in [0.2, 0.25) is 5.91 Å². The molecule has 0 radical (unpaired) electrons. The van der Waals surface area contributed by atoms with E-state index in [1.54, 1.807) is 0 Å². The van der Waals surface area contributed by atoms with E-state index < -0.39 is 8.80 Å². The van der Waals surface area contributed by atoms with Gasteiger partial charge in [0, 0.05) is 38.8 Å². The van der Waals surface area contributed by atoms with Crippen molar-refractivity contribution in [3.8, 4) is 12.3 Å². The maximum atomic E-state index is 12.0. The van der Waals surface area contributed by atoms with Gasteiger partial charge in [0.05, 0.1) is 99.1 Å². The molecule has 13 nitrogen and oxygen atoms in total. The van der Waals surface area contributed by atoms with E-state index in [9.17, 15) is 4.79 Å². The van der Waals surface area contributed by atoms with Gasteiger partial charge >= 0.3 is 8.80 Å². The first-order valence-corrected chi connectivity index (χ1v) is 17.3. The summed E-state index contributed by atoms with van der Waals surface area (Å²) in [5.74, 6) is 2.34. The lowest BCUT2D eigenvalue weighted by molar-refractivity contribution is -0.122. The SMILES string of the molecule is C#CCOCCOCCOCCOCCOCCOCCOCCOCCC(=O)NCCC[Si](OCC)(OCC)OCC. The minimum atomic E-state index is -2.66. The zero-order valence-electron chi connectivity index (χ0n) is 26.7. The van der Waals surface area contributed by atoms with Gasteiger partial charge in [0.25, 0.3) is 0 Å². The molecule has 0 aromatic rings. The lowest BCUT2D eigenvalue weighted by Crippen LogP contribution is -2.46. The van der Waals surface area contributed by atoms with E-state index in [4.69, 9.17) is 57.6 Å². The molecule has 0 fully saturated rings. The normalized spacial score (nSPS) is 11.6. The number of hydrogen-bond donors (Lipinski definition) is 1. The van der Waals surface area contributed by atoms with Crippen LogP contribution in [-0.4, -0.2) is 147 Å². The highest BCUT2D eigenvalue weighted by molar-refractivity contribution is 6.60. The van der Waals surface area contributed by atoms with Gasteiger partial charge < -0.3 is 56.5 Å². The molecule has 0 saturated carbocycles. The molecule has 14 heteroatoms. The van der Waals surface area contributed by atoms with E-state index in [0.29, 0.717) is 145 Å². The summed E-state index contributed by atoms with van der Waals surface area (Å²) in [6.07, 6.45) is 6.11. The number of nitrogens with one attached hydrogen (secondary N) is 1. The fourth-order valence-electron chi connectivity index (χ4n) is 3.46. The zero-order valence-corrected chi connectivity index (χ0v) is 27.7. The van der Waals surface area contributed by atoms with E-state index in [-0.39, 0.29) is 5.91 Å². The van der Waals surface area contributed by atoms with Crippen LogP contribution in [0, 0.1) is 12.3 Å². The van der Waals surface area contributed by atoms with E-state index in [1.165, 1.54) is 0 Å². The summed E-state index contributed by atoms with van der Waals surface area (Å²) in [7, 11) is -2.66. The Kier molecular flexibility index (Phi) is 32.8. The van der Waals surface area contributed by atoms with Crippen molar-refractivity contribution >= 4 is 14.7 Å². The molecule has 1 N–H and O–H groups in total. The highest BCUT2D eigenvalue weighted by Gasteiger charge is 2.39. The van der Waals surface area contributed by atoms with Crippen LogP contribution < -0.4 is 5.32 Å². The molecular formula is C29H57NO12Si. The van der Waals surface area contributed by atoms with Crippen molar-refractivity contribution in [2.24, 2.45) is 0 Å².